The first-order valence-corrected chi connectivity index (χ1v) is 10.8. The molecule has 0 spiro atoms. The number of hydrogen-bond acceptors (Lipinski definition) is 8. The molecule has 0 fully saturated rings. The summed E-state index contributed by atoms with van der Waals surface area (Å²) >= 11 is 2.05. The standard InChI is InChI=1S/C22H21IN2O7.ClH/c1-7-8-6-9-16(25(2)3)18(28)15(21(24)31)20(30)22(9,32)19(29)13(8)17(27)14-11(26)5-4-10(23)12(7)14;/h4-5,9,16,26-27,30,32H,6H2,1-3H3,(H2,24,31);1H/t9-,16-,22-;/m0./s1. The second-order valence-electron chi connectivity index (χ2n) is 8.41. The molecule has 9 nitrogen and oxygen atoms in total. The zero-order chi connectivity index (χ0) is 23.9. The molecule has 2 aliphatic rings. The van der Waals surface area contributed by atoms with E-state index in [-0.39, 0.29) is 35.5 Å². The largest absolute Gasteiger partial charge is 0.508 e. The number of fused-ring (bicyclic) bond motifs is 3. The highest BCUT2D eigenvalue weighted by molar-refractivity contribution is 14.1. The number of nitrogens with two attached hydrogens (primary N) is 1. The van der Waals surface area contributed by atoms with Gasteiger partial charge in [0.1, 0.15) is 22.8 Å². The Bertz CT molecular complexity index is 1290. The van der Waals surface area contributed by atoms with Crippen molar-refractivity contribution in [2.45, 2.75) is 25.0 Å². The molecule has 0 heterocycles. The van der Waals surface area contributed by atoms with Crippen molar-refractivity contribution < 1.29 is 34.8 Å². The van der Waals surface area contributed by atoms with Gasteiger partial charge in [-0.15, -0.1) is 12.4 Å². The lowest BCUT2D eigenvalue weighted by Gasteiger charge is -2.47. The Hall–Kier alpha value is -2.41. The van der Waals surface area contributed by atoms with Crippen LogP contribution in [-0.4, -0.2) is 68.5 Å². The van der Waals surface area contributed by atoms with Gasteiger partial charge < -0.3 is 26.2 Å². The Morgan fingerprint density at radius 3 is 2.33 bits per heavy atom. The van der Waals surface area contributed by atoms with Gasteiger partial charge in [0.15, 0.2) is 11.4 Å². The number of carbonyl (C=O) groups is 3. The fourth-order valence-corrected chi connectivity index (χ4v) is 5.95. The Morgan fingerprint density at radius 1 is 1.18 bits per heavy atom. The van der Waals surface area contributed by atoms with Crippen LogP contribution in [0.4, 0.5) is 0 Å². The first-order valence-electron chi connectivity index (χ1n) is 9.72. The minimum absolute atomic E-state index is 0. The minimum atomic E-state index is -2.66. The number of aliphatic hydroxyl groups is 2. The summed E-state index contributed by atoms with van der Waals surface area (Å²) in [5.41, 5.74) is 2.52. The van der Waals surface area contributed by atoms with Crippen LogP contribution in [0.15, 0.2) is 23.5 Å². The molecule has 0 saturated carbocycles. The number of amides is 1. The van der Waals surface area contributed by atoms with Crippen LogP contribution in [0.3, 0.4) is 0 Å². The van der Waals surface area contributed by atoms with E-state index >= 15 is 0 Å². The van der Waals surface area contributed by atoms with Gasteiger partial charge in [-0.1, -0.05) is 0 Å². The summed E-state index contributed by atoms with van der Waals surface area (Å²) in [6.07, 6.45) is -0.0523. The van der Waals surface area contributed by atoms with Crippen molar-refractivity contribution in [2.75, 3.05) is 14.1 Å². The summed E-state index contributed by atoms with van der Waals surface area (Å²) in [5, 5.41) is 44.3. The van der Waals surface area contributed by atoms with Gasteiger partial charge >= 0.3 is 0 Å². The molecule has 0 aromatic heterocycles. The Labute approximate surface area is 208 Å². The second-order valence-corrected chi connectivity index (χ2v) is 9.57. The van der Waals surface area contributed by atoms with Crippen molar-refractivity contribution >= 4 is 63.2 Å². The van der Waals surface area contributed by atoms with E-state index < -0.39 is 52.1 Å². The van der Waals surface area contributed by atoms with Crippen LogP contribution in [0.1, 0.15) is 21.5 Å². The molecule has 33 heavy (non-hydrogen) atoms. The summed E-state index contributed by atoms with van der Waals surface area (Å²) in [4.78, 5) is 40.1. The average molecular weight is 589 g/mol. The monoisotopic (exact) mass is 588 g/mol. The maximum atomic E-state index is 13.7. The number of aryl methyl sites for hydroxylation is 1. The molecule has 3 atom stereocenters. The van der Waals surface area contributed by atoms with Crippen LogP contribution in [-0.2, 0) is 16.0 Å². The van der Waals surface area contributed by atoms with Crippen LogP contribution < -0.4 is 5.73 Å². The molecule has 4 rings (SSSR count). The molecule has 0 bridgehead atoms. The zero-order valence-corrected chi connectivity index (χ0v) is 20.8. The Balaban J connectivity index is 0.00000306. The predicted octanol–water partition coefficient (Wildman–Crippen LogP) is 1.48. The highest BCUT2D eigenvalue weighted by Crippen LogP contribution is 2.51. The van der Waals surface area contributed by atoms with Crippen molar-refractivity contribution in [3.05, 3.63) is 43.7 Å². The van der Waals surface area contributed by atoms with E-state index in [4.69, 9.17) is 5.73 Å². The minimum Gasteiger partial charge on any atom is -0.508 e. The van der Waals surface area contributed by atoms with E-state index in [1.165, 1.54) is 11.0 Å². The van der Waals surface area contributed by atoms with E-state index in [9.17, 15) is 34.8 Å². The van der Waals surface area contributed by atoms with Gasteiger partial charge in [0, 0.05) is 14.9 Å². The molecule has 2 aromatic rings. The number of ketones is 2. The SMILES string of the molecule is Cc1c2c(c(O)c3c(O)ccc(I)c13)C(=O)[C@]1(O)C(O)=C(C(N)=O)C(=O)[C@@H](N(C)C)[C@@H]1C2.Cl. The van der Waals surface area contributed by atoms with Crippen molar-refractivity contribution in [3.8, 4) is 11.5 Å². The molecule has 0 saturated heterocycles. The number of Topliss-reactive ketones (excluding diaryl/α,β-unsaturated/α-hetero) is 2. The lowest BCUT2D eigenvalue weighted by atomic mass is 9.61. The van der Waals surface area contributed by atoms with Gasteiger partial charge in [-0.25, -0.2) is 0 Å². The molecule has 6 N–H and O–H groups in total. The number of benzene rings is 2. The summed E-state index contributed by atoms with van der Waals surface area (Å²) < 4.78 is 0.724. The predicted molar refractivity (Wildman–Crippen MR) is 130 cm³/mol. The van der Waals surface area contributed by atoms with Gasteiger partial charge in [0.25, 0.3) is 5.91 Å². The third kappa shape index (κ3) is 3.15. The van der Waals surface area contributed by atoms with E-state index in [2.05, 4.69) is 22.6 Å². The van der Waals surface area contributed by atoms with Crippen molar-refractivity contribution in [2.24, 2.45) is 11.7 Å². The number of likely N-dealkylation sites (N-methyl/N-ethyl adjacent to an activating group) is 1. The first kappa shape index (κ1) is 25.2. The first-order chi connectivity index (χ1) is 14.8. The van der Waals surface area contributed by atoms with Crippen LogP contribution in [0.2, 0.25) is 0 Å². The average Bonchev–Trinajstić information content (AvgIpc) is 2.69. The molecule has 2 aliphatic carbocycles. The third-order valence-electron chi connectivity index (χ3n) is 6.57. The highest BCUT2D eigenvalue weighted by Gasteiger charge is 2.62. The van der Waals surface area contributed by atoms with Crippen LogP contribution in [0.25, 0.3) is 10.8 Å². The number of primary amides is 1. The van der Waals surface area contributed by atoms with Crippen molar-refractivity contribution in [3.63, 3.8) is 0 Å². The molecule has 0 radical (unpaired) electrons. The van der Waals surface area contributed by atoms with E-state index in [1.807, 2.05) is 0 Å². The third-order valence-corrected chi connectivity index (χ3v) is 7.47. The number of carbonyl (C=O) groups excluding carboxylic acids is 3. The van der Waals surface area contributed by atoms with Crippen LogP contribution in [0, 0.1) is 16.4 Å². The highest BCUT2D eigenvalue weighted by atomic mass is 127. The Morgan fingerprint density at radius 2 is 1.79 bits per heavy atom. The number of halogens is 2. The summed E-state index contributed by atoms with van der Waals surface area (Å²) in [6.45, 7) is 1.72. The fourth-order valence-electron chi connectivity index (χ4n) is 5.10. The van der Waals surface area contributed by atoms with Crippen molar-refractivity contribution in [1.29, 1.82) is 0 Å². The zero-order valence-electron chi connectivity index (χ0n) is 17.8. The van der Waals surface area contributed by atoms with Gasteiger partial charge in [0.2, 0.25) is 5.78 Å². The molecular weight excluding hydrogens is 567 g/mol. The second kappa shape index (κ2) is 8.12. The molecule has 0 aliphatic heterocycles. The maximum absolute atomic E-state index is 13.7. The molecule has 1 amide bonds. The number of rotatable bonds is 2. The molecule has 2 aromatic carbocycles. The van der Waals surface area contributed by atoms with E-state index in [0.717, 1.165) is 3.57 Å². The van der Waals surface area contributed by atoms with Gasteiger partial charge in [-0.05, 0) is 73.3 Å². The number of phenols is 2. The number of nitrogens with zero attached hydrogens (tertiary/aromatic N) is 1. The molecule has 0 unspecified atom stereocenters. The normalized spacial score (nSPS) is 24.5. The molecular formula is C22H22ClIN2O7. The number of aromatic hydroxyl groups is 2. The van der Waals surface area contributed by atoms with Crippen LogP contribution >= 0.6 is 35.0 Å². The van der Waals surface area contributed by atoms with Crippen molar-refractivity contribution in [1.82, 2.24) is 4.90 Å². The van der Waals surface area contributed by atoms with Crippen LogP contribution in [0.5, 0.6) is 11.5 Å². The summed E-state index contributed by atoms with van der Waals surface area (Å²) in [7, 11) is 3.10. The van der Waals surface area contributed by atoms with Gasteiger partial charge in [-0.2, -0.15) is 0 Å². The quantitative estimate of drug-likeness (QED) is 0.260. The lowest BCUT2D eigenvalue weighted by molar-refractivity contribution is -0.132. The number of phenolic OH excluding ortho intramolecular Hbond substituents is 2. The topological polar surface area (TPSA) is 161 Å². The maximum Gasteiger partial charge on any atom is 0.255 e. The Kier molecular flexibility index (Phi) is 6.20. The summed E-state index contributed by atoms with van der Waals surface area (Å²) in [5.74, 6) is -6.18. The fraction of sp³-hybridized carbons (Fsp3) is 0.318. The van der Waals surface area contributed by atoms with Gasteiger partial charge in [0.05, 0.1) is 17.0 Å². The smallest absolute Gasteiger partial charge is 0.255 e. The molecule has 176 valence electrons. The van der Waals surface area contributed by atoms with E-state index in [0.29, 0.717) is 16.5 Å². The lowest BCUT2D eigenvalue weighted by Crippen LogP contribution is -2.64. The number of hydrogen-bond donors (Lipinski definition) is 5. The summed E-state index contributed by atoms with van der Waals surface area (Å²) in [6, 6.07) is 1.92. The van der Waals surface area contributed by atoms with Gasteiger partial charge in [-0.3, -0.25) is 19.3 Å². The molecule has 11 heteroatoms. The van der Waals surface area contributed by atoms with E-state index in [1.54, 1.807) is 27.1 Å². The number of aliphatic hydroxyl groups excluding tert-OH is 1.